The van der Waals surface area contributed by atoms with Gasteiger partial charge < -0.3 is 15.5 Å². The van der Waals surface area contributed by atoms with Crippen molar-refractivity contribution in [3.63, 3.8) is 0 Å². The fourth-order valence-corrected chi connectivity index (χ4v) is 2.25. The predicted octanol–water partition coefficient (Wildman–Crippen LogP) is 2.89. The number of rotatable bonds is 10. The number of carbonyl (C=O) groups excluding carboxylic acids is 2. The quantitative estimate of drug-likeness (QED) is 0.652. The van der Waals surface area contributed by atoms with Crippen LogP contribution in [-0.4, -0.2) is 43.9 Å². The van der Waals surface area contributed by atoms with E-state index < -0.39 is 0 Å². The third-order valence-electron chi connectivity index (χ3n) is 3.54. The molecule has 5 nitrogen and oxygen atoms in total. The van der Waals surface area contributed by atoms with Gasteiger partial charge in [-0.1, -0.05) is 38.7 Å². The fraction of sp³-hybridized carbons (Fsp3) is 0.556. The maximum Gasteiger partial charge on any atom is 0.253 e. The monoisotopic (exact) mass is 319 g/mol. The zero-order valence-corrected chi connectivity index (χ0v) is 14.5. The molecule has 0 saturated heterocycles. The number of amides is 2. The van der Waals surface area contributed by atoms with Crippen LogP contribution in [0.4, 0.5) is 5.69 Å². The Morgan fingerprint density at radius 3 is 2.52 bits per heavy atom. The van der Waals surface area contributed by atoms with Crippen molar-refractivity contribution in [3.8, 4) is 0 Å². The molecule has 1 aromatic rings. The van der Waals surface area contributed by atoms with Gasteiger partial charge in [-0.25, -0.2) is 0 Å². The van der Waals surface area contributed by atoms with Crippen molar-refractivity contribution < 1.29 is 9.59 Å². The molecule has 128 valence electrons. The molecule has 0 aromatic heterocycles. The van der Waals surface area contributed by atoms with Crippen molar-refractivity contribution in [1.29, 1.82) is 0 Å². The summed E-state index contributed by atoms with van der Waals surface area (Å²) >= 11 is 0. The van der Waals surface area contributed by atoms with E-state index in [0.717, 1.165) is 13.0 Å². The first-order valence-corrected chi connectivity index (χ1v) is 8.37. The summed E-state index contributed by atoms with van der Waals surface area (Å²) in [7, 11) is 3.41. The molecule has 0 aliphatic rings. The van der Waals surface area contributed by atoms with E-state index in [1.165, 1.54) is 30.6 Å². The number of nitrogens with one attached hydrogen (secondary N) is 2. The number of carbonyl (C=O) groups is 2. The smallest absolute Gasteiger partial charge is 0.253 e. The number of hydrogen-bond donors (Lipinski definition) is 2. The molecule has 23 heavy (non-hydrogen) atoms. The third kappa shape index (κ3) is 7.79. The molecule has 0 saturated carbocycles. The highest BCUT2D eigenvalue weighted by Crippen LogP contribution is 2.11. The first-order valence-electron chi connectivity index (χ1n) is 8.37. The van der Waals surface area contributed by atoms with Crippen molar-refractivity contribution in [1.82, 2.24) is 10.2 Å². The molecular formula is C18H29N3O2. The van der Waals surface area contributed by atoms with Crippen LogP contribution in [0.1, 0.15) is 49.4 Å². The lowest BCUT2D eigenvalue weighted by Gasteiger charge is -2.12. The summed E-state index contributed by atoms with van der Waals surface area (Å²) < 4.78 is 0. The first-order chi connectivity index (χ1) is 11.0. The minimum absolute atomic E-state index is 0.0775. The summed E-state index contributed by atoms with van der Waals surface area (Å²) in [4.78, 5) is 25.3. The van der Waals surface area contributed by atoms with Crippen molar-refractivity contribution in [3.05, 3.63) is 29.8 Å². The van der Waals surface area contributed by atoms with Gasteiger partial charge in [0.05, 0.1) is 6.54 Å². The summed E-state index contributed by atoms with van der Waals surface area (Å²) in [6.07, 6.45) is 6.09. The summed E-state index contributed by atoms with van der Waals surface area (Å²) in [5, 5.41) is 5.97. The topological polar surface area (TPSA) is 61.4 Å². The molecule has 0 unspecified atom stereocenters. The Labute approximate surface area is 139 Å². The van der Waals surface area contributed by atoms with Gasteiger partial charge >= 0.3 is 0 Å². The molecule has 1 aromatic carbocycles. The summed E-state index contributed by atoms with van der Waals surface area (Å²) in [5.74, 6) is -0.167. The minimum Gasteiger partial charge on any atom is -0.345 e. The average molecular weight is 319 g/mol. The largest absolute Gasteiger partial charge is 0.345 e. The van der Waals surface area contributed by atoms with Crippen LogP contribution >= 0.6 is 0 Å². The van der Waals surface area contributed by atoms with Crippen LogP contribution < -0.4 is 10.6 Å². The van der Waals surface area contributed by atoms with Crippen LogP contribution in [0, 0.1) is 0 Å². The Balaban J connectivity index is 2.31. The molecule has 0 radical (unpaired) electrons. The zero-order chi connectivity index (χ0) is 17.1. The molecule has 0 aliphatic heterocycles. The van der Waals surface area contributed by atoms with Gasteiger partial charge in [-0.2, -0.15) is 0 Å². The second-order valence-electron chi connectivity index (χ2n) is 5.92. The van der Waals surface area contributed by atoms with Crippen LogP contribution in [0.15, 0.2) is 24.3 Å². The number of hydrogen-bond acceptors (Lipinski definition) is 3. The summed E-state index contributed by atoms with van der Waals surface area (Å²) in [6.45, 7) is 3.35. The van der Waals surface area contributed by atoms with Gasteiger partial charge in [-0.05, 0) is 31.2 Å². The van der Waals surface area contributed by atoms with E-state index in [4.69, 9.17) is 0 Å². The molecule has 0 aliphatic carbocycles. The van der Waals surface area contributed by atoms with E-state index >= 15 is 0 Å². The average Bonchev–Trinajstić information content (AvgIpc) is 2.53. The van der Waals surface area contributed by atoms with Gasteiger partial charge in [-0.3, -0.25) is 9.59 Å². The highest BCUT2D eigenvalue weighted by atomic mass is 16.2. The molecule has 0 bridgehead atoms. The van der Waals surface area contributed by atoms with Crippen LogP contribution in [0.25, 0.3) is 0 Å². The van der Waals surface area contributed by atoms with E-state index in [1.54, 1.807) is 38.4 Å². The Bertz CT molecular complexity index is 501. The third-order valence-corrected chi connectivity index (χ3v) is 3.54. The van der Waals surface area contributed by atoms with Crippen molar-refractivity contribution in [2.45, 2.75) is 39.0 Å². The van der Waals surface area contributed by atoms with Gasteiger partial charge in [0.1, 0.15) is 0 Å². The minimum atomic E-state index is -0.0898. The van der Waals surface area contributed by atoms with Crippen molar-refractivity contribution in [2.75, 3.05) is 32.5 Å². The second-order valence-corrected chi connectivity index (χ2v) is 5.92. The van der Waals surface area contributed by atoms with Crippen LogP contribution in [0.5, 0.6) is 0 Å². The van der Waals surface area contributed by atoms with Gasteiger partial charge in [-0.15, -0.1) is 0 Å². The fourth-order valence-electron chi connectivity index (χ4n) is 2.25. The lowest BCUT2D eigenvalue weighted by Crippen LogP contribution is -2.29. The summed E-state index contributed by atoms with van der Waals surface area (Å²) in [5.41, 5.74) is 1.21. The van der Waals surface area contributed by atoms with E-state index in [1.807, 2.05) is 0 Å². The van der Waals surface area contributed by atoms with Gasteiger partial charge in [0.2, 0.25) is 5.91 Å². The van der Waals surface area contributed by atoms with Gasteiger partial charge in [0, 0.05) is 25.3 Å². The SMILES string of the molecule is CCCCCCCNCC(=O)Nc1cccc(C(=O)N(C)C)c1. The van der Waals surface area contributed by atoms with Gasteiger partial charge in [0.25, 0.3) is 5.91 Å². The highest BCUT2D eigenvalue weighted by molar-refractivity contribution is 5.97. The molecule has 5 heteroatoms. The summed E-state index contributed by atoms with van der Waals surface area (Å²) in [6, 6.07) is 7.00. The molecule has 1 rings (SSSR count). The Kier molecular flexibility index (Phi) is 8.98. The Morgan fingerprint density at radius 2 is 1.83 bits per heavy atom. The molecular weight excluding hydrogens is 290 g/mol. The lowest BCUT2D eigenvalue weighted by molar-refractivity contribution is -0.115. The van der Waals surface area contributed by atoms with Crippen LogP contribution in [-0.2, 0) is 4.79 Å². The Morgan fingerprint density at radius 1 is 1.09 bits per heavy atom. The molecule has 2 amide bonds. The van der Waals surface area contributed by atoms with E-state index in [2.05, 4.69) is 17.6 Å². The molecule has 2 N–H and O–H groups in total. The number of benzene rings is 1. The van der Waals surface area contributed by atoms with E-state index in [-0.39, 0.29) is 11.8 Å². The van der Waals surface area contributed by atoms with E-state index in [0.29, 0.717) is 17.8 Å². The number of anilines is 1. The van der Waals surface area contributed by atoms with Gasteiger partial charge in [0.15, 0.2) is 0 Å². The van der Waals surface area contributed by atoms with Crippen molar-refractivity contribution in [2.24, 2.45) is 0 Å². The number of nitrogens with zero attached hydrogens (tertiary/aromatic N) is 1. The molecule has 0 heterocycles. The van der Waals surface area contributed by atoms with Crippen LogP contribution in [0.2, 0.25) is 0 Å². The second kappa shape index (κ2) is 10.8. The Hall–Kier alpha value is -1.88. The molecule has 0 spiro atoms. The van der Waals surface area contributed by atoms with Crippen molar-refractivity contribution >= 4 is 17.5 Å². The molecule has 0 fully saturated rings. The highest BCUT2D eigenvalue weighted by Gasteiger charge is 2.09. The number of unbranched alkanes of at least 4 members (excludes halogenated alkanes) is 4. The maximum atomic E-state index is 11.9. The molecule has 0 atom stereocenters. The zero-order valence-electron chi connectivity index (χ0n) is 14.5. The lowest BCUT2D eigenvalue weighted by atomic mass is 10.1. The van der Waals surface area contributed by atoms with Crippen LogP contribution in [0.3, 0.4) is 0 Å². The first kappa shape index (κ1) is 19.2. The predicted molar refractivity (Wildman–Crippen MR) is 94.7 cm³/mol. The van der Waals surface area contributed by atoms with E-state index in [9.17, 15) is 9.59 Å². The maximum absolute atomic E-state index is 11.9. The normalized spacial score (nSPS) is 10.4. The standard InChI is InChI=1S/C18H29N3O2/c1-4-5-6-7-8-12-19-14-17(22)20-16-11-9-10-15(13-16)18(23)21(2)3/h9-11,13,19H,4-8,12,14H2,1-3H3,(H,20,22).